The normalized spacial score (nSPS) is 22.3. The van der Waals surface area contributed by atoms with Gasteiger partial charge in [-0.25, -0.2) is 4.68 Å². The van der Waals surface area contributed by atoms with Crippen LogP contribution in [0.25, 0.3) is 5.69 Å². The van der Waals surface area contributed by atoms with Gasteiger partial charge in [0.15, 0.2) is 5.69 Å². The number of benzene rings is 1. The lowest BCUT2D eigenvalue weighted by molar-refractivity contribution is -0.145. The molecule has 144 valence electrons. The molecule has 7 nitrogen and oxygen atoms in total. The van der Waals surface area contributed by atoms with E-state index >= 15 is 0 Å². The molecule has 2 N–H and O–H groups in total. The van der Waals surface area contributed by atoms with Crippen LogP contribution in [0.15, 0.2) is 30.5 Å². The van der Waals surface area contributed by atoms with Crippen LogP contribution in [0.5, 0.6) is 5.75 Å². The molecule has 1 aromatic heterocycles. The molecular formula is C20H25N3O4. The van der Waals surface area contributed by atoms with Crippen LogP contribution in [0, 0.1) is 12.8 Å². The minimum atomic E-state index is -0.868. The lowest BCUT2D eigenvalue weighted by Crippen LogP contribution is -2.55. The van der Waals surface area contributed by atoms with E-state index in [1.54, 1.807) is 24.1 Å². The van der Waals surface area contributed by atoms with Crippen molar-refractivity contribution in [1.82, 2.24) is 15.1 Å². The monoisotopic (exact) mass is 371 g/mol. The number of amides is 1. The Morgan fingerprint density at radius 2 is 2.11 bits per heavy atom. The van der Waals surface area contributed by atoms with E-state index in [-0.39, 0.29) is 11.6 Å². The first-order chi connectivity index (χ1) is 12.8. The van der Waals surface area contributed by atoms with Crippen molar-refractivity contribution in [3.05, 3.63) is 41.7 Å². The first kappa shape index (κ1) is 18.9. The Hall–Kier alpha value is -2.83. The topological polar surface area (TPSA) is 93.5 Å². The average Bonchev–Trinajstić information content (AvgIpc) is 3.11. The van der Waals surface area contributed by atoms with Crippen molar-refractivity contribution in [3.8, 4) is 11.4 Å². The van der Waals surface area contributed by atoms with Gasteiger partial charge in [-0.1, -0.05) is 18.9 Å². The maximum absolute atomic E-state index is 12.7. The first-order valence-electron chi connectivity index (χ1n) is 9.10. The number of carboxylic acids is 1. The second-order valence-electron chi connectivity index (χ2n) is 7.33. The summed E-state index contributed by atoms with van der Waals surface area (Å²) in [6.07, 6.45) is 4.67. The molecule has 0 aliphatic heterocycles. The van der Waals surface area contributed by atoms with Crippen LogP contribution in [-0.2, 0) is 4.79 Å². The Labute approximate surface area is 158 Å². The van der Waals surface area contributed by atoms with Gasteiger partial charge in [-0.15, -0.1) is 0 Å². The van der Waals surface area contributed by atoms with Gasteiger partial charge in [0, 0.05) is 6.20 Å². The number of aromatic nitrogens is 2. The summed E-state index contributed by atoms with van der Waals surface area (Å²) in [7, 11) is 1.58. The zero-order valence-corrected chi connectivity index (χ0v) is 15.9. The molecule has 2 atom stereocenters. The summed E-state index contributed by atoms with van der Waals surface area (Å²) in [6, 6.07) is 7.34. The van der Waals surface area contributed by atoms with E-state index in [0.717, 1.165) is 24.1 Å². The van der Waals surface area contributed by atoms with E-state index in [1.165, 1.54) is 0 Å². The maximum atomic E-state index is 12.7. The zero-order chi connectivity index (χ0) is 19.6. The molecule has 1 aliphatic rings. The highest BCUT2D eigenvalue weighted by Gasteiger charge is 2.42. The average molecular weight is 371 g/mol. The van der Waals surface area contributed by atoms with Crippen molar-refractivity contribution in [2.45, 2.75) is 45.1 Å². The Balaban J connectivity index is 1.83. The largest absolute Gasteiger partial charge is 0.494 e. The predicted octanol–water partition coefficient (Wildman–Crippen LogP) is 2.95. The molecule has 0 spiro atoms. The van der Waals surface area contributed by atoms with Crippen molar-refractivity contribution in [1.29, 1.82) is 0 Å². The van der Waals surface area contributed by atoms with E-state index in [0.29, 0.717) is 18.6 Å². The number of methoxy groups -OCH3 is 1. The van der Waals surface area contributed by atoms with Crippen molar-refractivity contribution in [2.24, 2.45) is 5.92 Å². The van der Waals surface area contributed by atoms with Gasteiger partial charge in [0.25, 0.3) is 5.91 Å². The van der Waals surface area contributed by atoms with Gasteiger partial charge in [0.1, 0.15) is 11.4 Å². The molecule has 7 heteroatoms. The lowest BCUT2D eigenvalue weighted by atomic mass is 9.74. The summed E-state index contributed by atoms with van der Waals surface area (Å²) in [6.45, 7) is 3.78. The van der Waals surface area contributed by atoms with Gasteiger partial charge in [-0.2, -0.15) is 5.10 Å². The third-order valence-corrected chi connectivity index (χ3v) is 5.31. The number of rotatable bonds is 5. The van der Waals surface area contributed by atoms with Crippen LogP contribution in [0.2, 0.25) is 0 Å². The molecule has 1 amide bonds. The Morgan fingerprint density at radius 3 is 2.81 bits per heavy atom. The highest BCUT2D eigenvalue weighted by Crippen LogP contribution is 2.34. The number of nitrogens with zero attached hydrogens (tertiary/aromatic N) is 2. The van der Waals surface area contributed by atoms with E-state index in [4.69, 9.17) is 4.74 Å². The van der Waals surface area contributed by atoms with Crippen LogP contribution in [0.1, 0.15) is 48.7 Å². The molecule has 0 bridgehead atoms. The van der Waals surface area contributed by atoms with Gasteiger partial charge >= 0.3 is 5.97 Å². The van der Waals surface area contributed by atoms with Crippen molar-refractivity contribution < 1.29 is 19.4 Å². The molecule has 3 rings (SSSR count). The Morgan fingerprint density at radius 1 is 1.33 bits per heavy atom. The minimum Gasteiger partial charge on any atom is -0.494 e. The number of hydrogen-bond acceptors (Lipinski definition) is 4. The summed E-state index contributed by atoms with van der Waals surface area (Å²) in [5.74, 6) is -1.17. The zero-order valence-electron chi connectivity index (χ0n) is 15.9. The van der Waals surface area contributed by atoms with Crippen molar-refractivity contribution in [3.63, 3.8) is 0 Å². The SMILES string of the molecule is COc1ccc(C)cc1-n1ccc(C(=O)NC2(C)CCCCC2C(=O)O)n1. The van der Waals surface area contributed by atoms with Gasteiger partial charge in [0.2, 0.25) is 0 Å². The number of nitrogens with one attached hydrogen (secondary N) is 1. The second-order valence-corrected chi connectivity index (χ2v) is 7.33. The third kappa shape index (κ3) is 3.82. The fraction of sp³-hybridized carbons (Fsp3) is 0.450. The summed E-state index contributed by atoms with van der Waals surface area (Å²) in [5, 5.41) is 16.8. The van der Waals surface area contributed by atoms with Gasteiger partial charge < -0.3 is 15.2 Å². The van der Waals surface area contributed by atoms with Gasteiger partial charge in [0.05, 0.1) is 18.6 Å². The lowest BCUT2D eigenvalue weighted by Gasteiger charge is -2.39. The third-order valence-electron chi connectivity index (χ3n) is 5.31. The molecule has 2 unspecified atom stereocenters. The number of aryl methyl sites for hydroxylation is 1. The number of aliphatic carboxylic acids is 1. The summed E-state index contributed by atoms with van der Waals surface area (Å²) in [4.78, 5) is 24.3. The molecule has 0 radical (unpaired) electrons. The van der Waals surface area contributed by atoms with Crippen LogP contribution < -0.4 is 10.1 Å². The highest BCUT2D eigenvalue weighted by atomic mass is 16.5. The summed E-state index contributed by atoms with van der Waals surface area (Å²) < 4.78 is 6.97. The van der Waals surface area contributed by atoms with Crippen LogP contribution in [-0.4, -0.2) is 39.4 Å². The number of carbonyl (C=O) groups excluding carboxylic acids is 1. The predicted molar refractivity (Wildman–Crippen MR) is 100 cm³/mol. The number of hydrogen-bond donors (Lipinski definition) is 2. The molecule has 1 heterocycles. The maximum Gasteiger partial charge on any atom is 0.308 e. The van der Waals surface area contributed by atoms with Crippen LogP contribution in [0.3, 0.4) is 0 Å². The Bertz CT molecular complexity index is 861. The number of carboxylic acid groups (broad SMARTS) is 1. The fourth-order valence-electron chi connectivity index (χ4n) is 3.76. The number of carbonyl (C=O) groups is 2. The summed E-state index contributed by atoms with van der Waals surface area (Å²) in [5.41, 5.74) is 1.26. The second kappa shape index (κ2) is 7.42. The summed E-state index contributed by atoms with van der Waals surface area (Å²) >= 11 is 0. The molecule has 1 saturated carbocycles. The molecular weight excluding hydrogens is 346 g/mol. The van der Waals surface area contributed by atoms with Crippen LogP contribution in [0.4, 0.5) is 0 Å². The Kier molecular flexibility index (Phi) is 5.21. The van der Waals surface area contributed by atoms with Gasteiger partial charge in [-0.05, 0) is 50.5 Å². The smallest absolute Gasteiger partial charge is 0.308 e. The van der Waals surface area contributed by atoms with E-state index < -0.39 is 17.4 Å². The highest BCUT2D eigenvalue weighted by molar-refractivity contribution is 5.93. The van der Waals surface area contributed by atoms with E-state index in [1.807, 2.05) is 32.0 Å². The van der Waals surface area contributed by atoms with E-state index in [2.05, 4.69) is 10.4 Å². The first-order valence-corrected chi connectivity index (χ1v) is 9.10. The molecule has 2 aromatic rings. The molecule has 1 aliphatic carbocycles. The standard InChI is InChI=1S/C20H25N3O4/c1-13-7-8-17(27-3)16(12-13)23-11-9-15(22-23)18(24)21-20(2)10-5-4-6-14(20)19(25)26/h7-9,11-12,14H,4-6,10H2,1-3H3,(H,21,24)(H,25,26). The molecule has 27 heavy (non-hydrogen) atoms. The quantitative estimate of drug-likeness (QED) is 0.843. The van der Waals surface area contributed by atoms with Crippen LogP contribution >= 0.6 is 0 Å². The molecule has 1 aromatic carbocycles. The van der Waals surface area contributed by atoms with Crippen molar-refractivity contribution >= 4 is 11.9 Å². The van der Waals surface area contributed by atoms with Gasteiger partial charge in [-0.3, -0.25) is 9.59 Å². The number of ether oxygens (including phenoxy) is 1. The molecule has 1 fully saturated rings. The van der Waals surface area contributed by atoms with Crippen molar-refractivity contribution in [2.75, 3.05) is 7.11 Å². The van der Waals surface area contributed by atoms with E-state index in [9.17, 15) is 14.7 Å². The minimum absolute atomic E-state index is 0.245. The molecule has 0 saturated heterocycles. The fourth-order valence-corrected chi connectivity index (χ4v) is 3.76.